The van der Waals surface area contributed by atoms with Gasteiger partial charge in [-0.25, -0.2) is 4.98 Å². The molecule has 6 aromatic rings. The van der Waals surface area contributed by atoms with Gasteiger partial charge in [-0.2, -0.15) is 0 Å². The third kappa shape index (κ3) is 5.06. The summed E-state index contributed by atoms with van der Waals surface area (Å²) < 4.78 is 8.88. The van der Waals surface area contributed by atoms with E-state index in [1.807, 2.05) is 60.8 Å². The molecule has 2 heterocycles. The van der Waals surface area contributed by atoms with E-state index in [4.69, 9.17) is 10.5 Å². The van der Waals surface area contributed by atoms with E-state index in [9.17, 15) is 0 Å². The molecule has 0 saturated heterocycles. The number of benzene rings is 4. The third-order valence-electron chi connectivity index (χ3n) is 8.43. The minimum absolute atomic E-state index is 0.115. The van der Waals surface area contributed by atoms with Gasteiger partial charge in [0.1, 0.15) is 17.3 Å². The molecule has 0 amide bonds. The fraction of sp³-hybridized carbons (Fsp3) is 0.154. The molecule has 5 nitrogen and oxygen atoms in total. The number of allylic oxidation sites excluding steroid dienone is 2. The van der Waals surface area contributed by atoms with Crippen LogP contribution in [-0.2, 0) is 11.0 Å². The van der Waals surface area contributed by atoms with Crippen LogP contribution in [0.2, 0.25) is 0 Å². The number of ether oxygens (including phenoxy) is 1. The van der Waals surface area contributed by atoms with E-state index in [-0.39, 0.29) is 11.5 Å². The SMILES string of the molecule is CC(C)(C)c1cc(Oc2ccc3c4ccccc4n(-c4ccccn4)c3c2)cc(C2(N)C=CC=CC2Nc2ccccc2)c1. The van der Waals surface area contributed by atoms with Gasteiger partial charge in [-0.15, -0.1) is 0 Å². The van der Waals surface area contributed by atoms with E-state index in [1.165, 1.54) is 5.39 Å². The standard InChI is InChI=1S/C39H36N4O/c1-38(2,3)27-23-28(39(40)21-11-9-17-36(39)42-29-13-5-4-6-14-29)25-31(24-27)44-30-19-20-33-32-15-7-8-16-34(32)43(35(33)26-30)37-18-10-12-22-41-37/h4-26,36,42H,40H2,1-3H3. The normalized spacial score (nSPS) is 18.1. The lowest BCUT2D eigenvalue weighted by Crippen LogP contribution is -2.50. The first kappa shape index (κ1) is 27.7. The summed E-state index contributed by atoms with van der Waals surface area (Å²) in [6, 6.07) is 37.2. The number of aromatic nitrogens is 2. The lowest BCUT2D eigenvalue weighted by Gasteiger charge is -2.37. The van der Waals surface area contributed by atoms with Gasteiger partial charge in [0.15, 0.2) is 0 Å². The van der Waals surface area contributed by atoms with Crippen molar-refractivity contribution < 1.29 is 4.74 Å². The summed E-state index contributed by atoms with van der Waals surface area (Å²) in [5, 5.41) is 5.97. The average Bonchev–Trinajstić information content (AvgIpc) is 3.36. The quantitative estimate of drug-likeness (QED) is 0.208. The van der Waals surface area contributed by atoms with Crippen LogP contribution in [0.4, 0.5) is 5.69 Å². The minimum atomic E-state index is -0.792. The van der Waals surface area contributed by atoms with Crippen LogP contribution in [0, 0.1) is 0 Å². The smallest absolute Gasteiger partial charge is 0.137 e. The maximum atomic E-state index is 7.28. The molecule has 3 N–H and O–H groups in total. The lowest BCUT2D eigenvalue weighted by atomic mass is 9.77. The van der Waals surface area contributed by atoms with Gasteiger partial charge in [0.2, 0.25) is 0 Å². The molecule has 5 heteroatoms. The Morgan fingerprint density at radius 2 is 1.55 bits per heavy atom. The number of para-hydroxylation sites is 2. The van der Waals surface area contributed by atoms with Gasteiger partial charge in [-0.1, -0.05) is 93.6 Å². The van der Waals surface area contributed by atoms with E-state index in [2.05, 4.69) is 115 Å². The summed E-state index contributed by atoms with van der Waals surface area (Å²) in [7, 11) is 0. The summed E-state index contributed by atoms with van der Waals surface area (Å²) in [4.78, 5) is 4.67. The zero-order valence-corrected chi connectivity index (χ0v) is 25.2. The van der Waals surface area contributed by atoms with Crippen LogP contribution in [0.5, 0.6) is 11.5 Å². The molecule has 1 aliphatic rings. The molecule has 0 spiro atoms. The van der Waals surface area contributed by atoms with Crippen molar-refractivity contribution in [3.05, 3.63) is 151 Å². The molecule has 2 aromatic heterocycles. The largest absolute Gasteiger partial charge is 0.457 e. The molecule has 0 radical (unpaired) electrons. The second kappa shape index (κ2) is 10.9. The summed E-state index contributed by atoms with van der Waals surface area (Å²) in [5.41, 5.74) is 11.7. The number of fused-ring (bicyclic) bond motifs is 3. The second-order valence-corrected chi connectivity index (χ2v) is 12.5. The zero-order valence-electron chi connectivity index (χ0n) is 25.2. The van der Waals surface area contributed by atoms with Gasteiger partial charge in [-0.3, -0.25) is 4.57 Å². The Hall–Kier alpha value is -5.13. The Bertz CT molecular complexity index is 2020. The maximum Gasteiger partial charge on any atom is 0.137 e. The van der Waals surface area contributed by atoms with Gasteiger partial charge >= 0.3 is 0 Å². The van der Waals surface area contributed by atoms with Crippen molar-refractivity contribution in [1.29, 1.82) is 0 Å². The predicted octanol–water partition coefficient (Wildman–Crippen LogP) is 9.03. The van der Waals surface area contributed by atoms with Crippen molar-refractivity contribution in [2.24, 2.45) is 5.73 Å². The van der Waals surface area contributed by atoms with Crippen LogP contribution in [0.25, 0.3) is 27.6 Å². The monoisotopic (exact) mass is 576 g/mol. The highest BCUT2D eigenvalue weighted by Crippen LogP contribution is 2.39. The molecule has 7 rings (SSSR count). The van der Waals surface area contributed by atoms with Crippen LogP contribution in [0.3, 0.4) is 0 Å². The van der Waals surface area contributed by atoms with Crippen molar-refractivity contribution in [3.8, 4) is 17.3 Å². The summed E-state index contributed by atoms with van der Waals surface area (Å²) in [6.45, 7) is 6.65. The van der Waals surface area contributed by atoms with Gasteiger partial charge in [0, 0.05) is 28.7 Å². The van der Waals surface area contributed by atoms with Crippen molar-refractivity contribution in [2.45, 2.75) is 37.8 Å². The fourth-order valence-corrected chi connectivity index (χ4v) is 6.03. The number of hydrogen-bond donors (Lipinski definition) is 2. The van der Waals surface area contributed by atoms with Crippen molar-refractivity contribution in [2.75, 3.05) is 5.32 Å². The zero-order chi connectivity index (χ0) is 30.3. The van der Waals surface area contributed by atoms with Gasteiger partial charge in [-0.05, 0) is 71.1 Å². The lowest BCUT2D eigenvalue weighted by molar-refractivity contribution is 0.468. The van der Waals surface area contributed by atoms with Gasteiger partial charge in [0.05, 0.1) is 22.6 Å². The molecule has 0 saturated carbocycles. The van der Waals surface area contributed by atoms with Gasteiger partial charge in [0.25, 0.3) is 0 Å². The van der Waals surface area contributed by atoms with E-state index in [1.54, 1.807) is 0 Å². The van der Waals surface area contributed by atoms with Crippen LogP contribution in [0.1, 0.15) is 31.9 Å². The molecule has 0 bridgehead atoms. The van der Waals surface area contributed by atoms with E-state index in [0.717, 1.165) is 50.6 Å². The number of nitrogens with zero attached hydrogens (tertiary/aromatic N) is 2. The Labute approximate surface area is 258 Å². The molecule has 2 atom stereocenters. The molecular weight excluding hydrogens is 540 g/mol. The molecule has 0 fully saturated rings. The Morgan fingerprint density at radius 1 is 0.773 bits per heavy atom. The summed E-state index contributed by atoms with van der Waals surface area (Å²) in [6.07, 6.45) is 10.1. The molecule has 1 aliphatic carbocycles. The molecule has 4 aromatic carbocycles. The number of pyridine rings is 1. The first-order valence-electron chi connectivity index (χ1n) is 15.0. The van der Waals surface area contributed by atoms with Crippen LogP contribution in [-0.4, -0.2) is 15.6 Å². The molecule has 218 valence electrons. The second-order valence-electron chi connectivity index (χ2n) is 12.5. The molecule has 0 aliphatic heterocycles. The first-order chi connectivity index (χ1) is 21.3. The number of anilines is 1. The highest BCUT2D eigenvalue weighted by Gasteiger charge is 2.36. The van der Waals surface area contributed by atoms with Crippen molar-refractivity contribution in [3.63, 3.8) is 0 Å². The topological polar surface area (TPSA) is 65.1 Å². The van der Waals surface area contributed by atoms with Crippen LogP contribution < -0.4 is 15.8 Å². The van der Waals surface area contributed by atoms with Crippen LogP contribution in [0.15, 0.2) is 140 Å². The van der Waals surface area contributed by atoms with Gasteiger partial charge < -0.3 is 15.8 Å². The average molecular weight is 577 g/mol. The van der Waals surface area contributed by atoms with E-state index in [0.29, 0.717) is 0 Å². The van der Waals surface area contributed by atoms with Crippen LogP contribution >= 0.6 is 0 Å². The number of nitrogens with two attached hydrogens (primary N) is 1. The Kier molecular flexibility index (Phi) is 6.83. The molecular formula is C39H36N4O. The maximum absolute atomic E-state index is 7.28. The minimum Gasteiger partial charge on any atom is -0.457 e. The molecule has 2 unspecified atom stereocenters. The summed E-state index contributed by atoms with van der Waals surface area (Å²) >= 11 is 0. The van der Waals surface area contributed by atoms with E-state index < -0.39 is 5.54 Å². The number of nitrogens with one attached hydrogen (secondary N) is 1. The molecule has 44 heavy (non-hydrogen) atoms. The third-order valence-corrected chi connectivity index (χ3v) is 8.43. The van der Waals surface area contributed by atoms with Crippen molar-refractivity contribution in [1.82, 2.24) is 9.55 Å². The van der Waals surface area contributed by atoms with E-state index >= 15 is 0 Å². The number of hydrogen-bond acceptors (Lipinski definition) is 4. The summed E-state index contributed by atoms with van der Waals surface area (Å²) in [5.74, 6) is 2.36. The Morgan fingerprint density at radius 3 is 2.34 bits per heavy atom. The highest BCUT2D eigenvalue weighted by molar-refractivity contribution is 6.09. The van der Waals surface area contributed by atoms with Crippen molar-refractivity contribution >= 4 is 27.5 Å². The Balaban J connectivity index is 1.32. The first-order valence-corrected chi connectivity index (χ1v) is 15.0. The predicted molar refractivity (Wildman–Crippen MR) is 182 cm³/mol. The fourth-order valence-electron chi connectivity index (χ4n) is 6.03. The highest BCUT2D eigenvalue weighted by atomic mass is 16.5. The number of rotatable bonds is 6.